The Hall–Kier alpha value is -2.43. The molecule has 102 valence electrons. The van der Waals surface area contributed by atoms with Gasteiger partial charge in [-0.15, -0.1) is 0 Å². The molecule has 0 aliphatic carbocycles. The van der Waals surface area contributed by atoms with E-state index in [1.54, 1.807) is 29.6 Å². The van der Waals surface area contributed by atoms with E-state index in [-0.39, 0.29) is 5.91 Å². The predicted octanol–water partition coefficient (Wildman–Crippen LogP) is 1.81. The molecule has 3 rings (SSSR count). The highest BCUT2D eigenvalue weighted by Crippen LogP contribution is 2.32. The average Bonchev–Trinajstić information content (AvgIpc) is 3.00. The highest BCUT2D eigenvalue weighted by Gasteiger charge is 2.22. The number of aldehydes is 1. The van der Waals surface area contributed by atoms with E-state index < -0.39 is 0 Å². The van der Waals surface area contributed by atoms with Crippen molar-refractivity contribution in [2.45, 2.75) is 13.3 Å². The molecule has 0 spiro atoms. The van der Waals surface area contributed by atoms with Crippen molar-refractivity contribution in [1.82, 2.24) is 9.78 Å². The smallest absolute Gasteiger partial charge is 0.223 e. The third kappa shape index (κ3) is 1.91. The standard InChI is InChI=1S/C15H15N3O2/c1-10(20)18-6-5-12-7-11(3-4-15(12)18)14-8-13(9-19)17(2)16-14/h3-4,7-9H,5-6H2,1-2H3. The number of anilines is 1. The van der Waals surface area contributed by atoms with Crippen LogP contribution in [0.15, 0.2) is 24.3 Å². The molecule has 0 radical (unpaired) electrons. The van der Waals surface area contributed by atoms with Gasteiger partial charge in [0.25, 0.3) is 0 Å². The Morgan fingerprint density at radius 3 is 2.80 bits per heavy atom. The maximum atomic E-state index is 11.5. The summed E-state index contributed by atoms with van der Waals surface area (Å²) in [7, 11) is 1.75. The second-order valence-electron chi connectivity index (χ2n) is 4.96. The molecule has 0 atom stereocenters. The van der Waals surface area contributed by atoms with Gasteiger partial charge in [0, 0.05) is 31.8 Å². The van der Waals surface area contributed by atoms with Gasteiger partial charge in [-0.2, -0.15) is 5.10 Å². The fraction of sp³-hybridized carbons (Fsp3) is 0.267. The van der Waals surface area contributed by atoms with Crippen LogP contribution in [-0.2, 0) is 18.3 Å². The van der Waals surface area contributed by atoms with Gasteiger partial charge in [-0.1, -0.05) is 6.07 Å². The molecule has 1 aliphatic rings. The minimum Gasteiger partial charge on any atom is -0.312 e. The number of hydrogen-bond acceptors (Lipinski definition) is 3. The number of carbonyl (C=O) groups is 2. The van der Waals surface area contributed by atoms with Gasteiger partial charge in [0.2, 0.25) is 5.91 Å². The van der Waals surface area contributed by atoms with Crippen LogP contribution in [0.1, 0.15) is 23.0 Å². The fourth-order valence-corrected chi connectivity index (χ4v) is 2.62. The molecule has 0 N–H and O–H groups in total. The summed E-state index contributed by atoms with van der Waals surface area (Å²) in [6.45, 7) is 2.31. The molecule has 0 unspecified atom stereocenters. The summed E-state index contributed by atoms with van der Waals surface area (Å²) in [6.07, 6.45) is 1.65. The second kappa shape index (κ2) is 4.59. The fourth-order valence-electron chi connectivity index (χ4n) is 2.62. The van der Waals surface area contributed by atoms with Crippen molar-refractivity contribution < 1.29 is 9.59 Å². The summed E-state index contributed by atoms with van der Waals surface area (Å²) in [5.41, 5.74) is 4.42. The summed E-state index contributed by atoms with van der Waals surface area (Å²) in [5.74, 6) is 0.0672. The summed E-state index contributed by atoms with van der Waals surface area (Å²) in [5, 5.41) is 4.34. The van der Waals surface area contributed by atoms with Crippen molar-refractivity contribution in [2.75, 3.05) is 11.4 Å². The first-order valence-corrected chi connectivity index (χ1v) is 6.51. The Labute approximate surface area is 116 Å². The van der Waals surface area contributed by atoms with Crippen LogP contribution in [-0.4, -0.2) is 28.5 Å². The maximum Gasteiger partial charge on any atom is 0.223 e. The first-order chi connectivity index (χ1) is 9.60. The van der Waals surface area contributed by atoms with Gasteiger partial charge in [0.05, 0.1) is 5.69 Å². The Morgan fingerprint density at radius 1 is 1.35 bits per heavy atom. The highest BCUT2D eigenvalue weighted by molar-refractivity contribution is 5.94. The van der Waals surface area contributed by atoms with Crippen LogP contribution in [0, 0.1) is 0 Å². The van der Waals surface area contributed by atoms with Gasteiger partial charge >= 0.3 is 0 Å². The third-order valence-corrected chi connectivity index (χ3v) is 3.69. The van der Waals surface area contributed by atoms with E-state index in [0.717, 1.165) is 41.8 Å². The summed E-state index contributed by atoms with van der Waals surface area (Å²) in [4.78, 5) is 24.2. The molecule has 0 saturated heterocycles. The Bertz CT molecular complexity index is 703. The number of amides is 1. The number of nitrogens with zero attached hydrogens (tertiary/aromatic N) is 3. The first-order valence-electron chi connectivity index (χ1n) is 6.51. The average molecular weight is 269 g/mol. The van der Waals surface area contributed by atoms with Crippen LogP contribution in [0.25, 0.3) is 11.3 Å². The first kappa shape index (κ1) is 12.6. The molecule has 0 bridgehead atoms. The zero-order valence-corrected chi connectivity index (χ0v) is 11.5. The van der Waals surface area contributed by atoms with Crippen molar-refractivity contribution in [3.8, 4) is 11.3 Å². The van der Waals surface area contributed by atoms with Gasteiger partial charge < -0.3 is 4.90 Å². The molecule has 2 heterocycles. The Morgan fingerprint density at radius 2 is 2.15 bits per heavy atom. The lowest BCUT2D eigenvalue weighted by molar-refractivity contribution is -0.116. The van der Waals surface area contributed by atoms with Gasteiger partial charge in [0.1, 0.15) is 5.69 Å². The molecule has 20 heavy (non-hydrogen) atoms. The van der Waals surface area contributed by atoms with E-state index in [1.165, 1.54) is 0 Å². The minimum absolute atomic E-state index is 0.0672. The van der Waals surface area contributed by atoms with Crippen molar-refractivity contribution >= 4 is 17.9 Å². The van der Waals surface area contributed by atoms with Crippen molar-refractivity contribution in [1.29, 1.82) is 0 Å². The number of carbonyl (C=O) groups excluding carboxylic acids is 2. The van der Waals surface area contributed by atoms with Crippen molar-refractivity contribution in [2.24, 2.45) is 7.05 Å². The molecule has 0 saturated carbocycles. The van der Waals surface area contributed by atoms with E-state index in [0.29, 0.717) is 5.69 Å². The van der Waals surface area contributed by atoms with Crippen molar-refractivity contribution in [3.05, 3.63) is 35.5 Å². The minimum atomic E-state index is 0.0672. The number of aryl methyl sites for hydroxylation is 1. The summed E-state index contributed by atoms with van der Waals surface area (Å²) < 4.78 is 1.57. The van der Waals surface area contributed by atoms with Gasteiger partial charge in [-0.05, 0) is 30.2 Å². The van der Waals surface area contributed by atoms with Crippen LogP contribution in [0.3, 0.4) is 0 Å². The molecule has 1 aromatic heterocycles. The Balaban J connectivity index is 2.01. The number of benzene rings is 1. The van der Waals surface area contributed by atoms with Crippen LogP contribution >= 0.6 is 0 Å². The van der Waals surface area contributed by atoms with E-state index in [1.807, 2.05) is 12.1 Å². The molecule has 1 amide bonds. The zero-order chi connectivity index (χ0) is 14.3. The lowest BCUT2D eigenvalue weighted by Gasteiger charge is -2.14. The SMILES string of the molecule is CC(=O)N1CCc2cc(-c3cc(C=O)n(C)n3)ccc21. The van der Waals surface area contributed by atoms with Gasteiger partial charge in [0.15, 0.2) is 6.29 Å². The monoisotopic (exact) mass is 269 g/mol. The van der Waals surface area contributed by atoms with Crippen LogP contribution in [0.4, 0.5) is 5.69 Å². The number of rotatable bonds is 2. The van der Waals surface area contributed by atoms with E-state index >= 15 is 0 Å². The third-order valence-electron chi connectivity index (χ3n) is 3.69. The molecular formula is C15H15N3O2. The number of aromatic nitrogens is 2. The zero-order valence-electron chi connectivity index (χ0n) is 11.5. The van der Waals surface area contributed by atoms with Crippen LogP contribution < -0.4 is 4.90 Å². The topological polar surface area (TPSA) is 55.2 Å². The number of hydrogen-bond donors (Lipinski definition) is 0. The van der Waals surface area contributed by atoms with E-state index in [4.69, 9.17) is 0 Å². The Kier molecular flexibility index (Phi) is 2.89. The number of fused-ring (bicyclic) bond motifs is 1. The molecule has 0 fully saturated rings. The highest BCUT2D eigenvalue weighted by atomic mass is 16.2. The molecular weight excluding hydrogens is 254 g/mol. The molecule has 1 aromatic carbocycles. The molecule has 2 aromatic rings. The van der Waals surface area contributed by atoms with E-state index in [9.17, 15) is 9.59 Å². The molecule has 5 nitrogen and oxygen atoms in total. The lowest BCUT2D eigenvalue weighted by Crippen LogP contribution is -2.25. The summed E-state index contributed by atoms with van der Waals surface area (Å²) in [6, 6.07) is 7.72. The van der Waals surface area contributed by atoms with Crippen molar-refractivity contribution in [3.63, 3.8) is 0 Å². The second-order valence-corrected chi connectivity index (χ2v) is 4.96. The molecule has 5 heteroatoms. The van der Waals surface area contributed by atoms with Crippen LogP contribution in [0.2, 0.25) is 0 Å². The largest absolute Gasteiger partial charge is 0.312 e. The van der Waals surface area contributed by atoms with Gasteiger partial charge in [-0.25, -0.2) is 0 Å². The lowest BCUT2D eigenvalue weighted by atomic mass is 10.1. The van der Waals surface area contributed by atoms with Gasteiger partial charge in [-0.3, -0.25) is 14.3 Å². The summed E-state index contributed by atoms with van der Waals surface area (Å²) >= 11 is 0. The normalized spacial score (nSPS) is 13.4. The van der Waals surface area contributed by atoms with E-state index in [2.05, 4.69) is 11.2 Å². The maximum absolute atomic E-state index is 11.5. The van der Waals surface area contributed by atoms with Crippen LogP contribution in [0.5, 0.6) is 0 Å². The quantitative estimate of drug-likeness (QED) is 0.781. The molecule has 1 aliphatic heterocycles. The predicted molar refractivity (Wildman–Crippen MR) is 75.8 cm³/mol.